The average molecular weight is 350 g/mol. The molecule has 2 aromatic rings. The Bertz CT molecular complexity index is 806. The number of carbonyl (C=O) groups is 1. The molecule has 1 N–H and O–H groups in total. The van der Waals surface area contributed by atoms with E-state index in [0.717, 1.165) is 22.2 Å². The van der Waals surface area contributed by atoms with Gasteiger partial charge in [-0.05, 0) is 33.2 Å². The molecule has 24 heavy (non-hydrogen) atoms. The molecule has 0 atom stereocenters. The molecule has 1 amide bonds. The Morgan fingerprint density at radius 1 is 1.17 bits per heavy atom. The molecule has 0 aromatic carbocycles. The topological polar surface area (TPSA) is 78.4 Å². The molecule has 0 aliphatic heterocycles. The summed E-state index contributed by atoms with van der Waals surface area (Å²) in [5.74, 6) is -0.202. The van der Waals surface area contributed by atoms with Crippen LogP contribution < -0.4 is 11.1 Å². The van der Waals surface area contributed by atoms with Gasteiger partial charge in [-0.3, -0.25) is 19.5 Å². The summed E-state index contributed by atoms with van der Waals surface area (Å²) in [7, 11) is 3.88. The van der Waals surface area contributed by atoms with Crippen molar-refractivity contribution < 1.29 is 4.79 Å². The van der Waals surface area contributed by atoms with Gasteiger partial charge in [0.05, 0.1) is 6.54 Å². The van der Waals surface area contributed by atoms with E-state index in [1.807, 2.05) is 38.1 Å². The van der Waals surface area contributed by atoms with Gasteiger partial charge in [-0.1, -0.05) is 0 Å². The van der Waals surface area contributed by atoms with Crippen molar-refractivity contribution in [2.45, 2.75) is 20.0 Å². The second kappa shape index (κ2) is 8.07. The quantitative estimate of drug-likeness (QED) is 0.789. The predicted molar refractivity (Wildman–Crippen MR) is 94.3 cm³/mol. The van der Waals surface area contributed by atoms with E-state index in [0.29, 0.717) is 13.1 Å². The SMILES string of the molecule is Cc1ccc(CN(CCN(C)C)C(=O)Cn2[nH]c(=O)ccc2=O)s1. The first kappa shape index (κ1) is 18.2. The van der Waals surface area contributed by atoms with Crippen LogP contribution in [0.25, 0.3) is 0 Å². The van der Waals surface area contributed by atoms with E-state index in [-0.39, 0.29) is 12.5 Å². The maximum Gasteiger partial charge on any atom is 0.265 e. The number of H-pyrrole nitrogens is 1. The molecule has 130 valence electrons. The molecule has 0 bridgehead atoms. The van der Waals surface area contributed by atoms with Crippen molar-refractivity contribution in [3.8, 4) is 0 Å². The molecule has 0 aliphatic carbocycles. The van der Waals surface area contributed by atoms with Crippen molar-refractivity contribution in [1.29, 1.82) is 0 Å². The monoisotopic (exact) mass is 350 g/mol. The lowest BCUT2D eigenvalue weighted by atomic mass is 10.3. The van der Waals surface area contributed by atoms with E-state index < -0.39 is 11.1 Å². The Hall–Kier alpha value is -2.19. The Kier molecular flexibility index (Phi) is 6.10. The summed E-state index contributed by atoms with van der Waals surface area (Å²) in [6.07, 6.45) is 0. The van der Waals surface area contributed by atoms with Gasteiger partial charge >= 0.3 is 0 Å². The van der Waals surface area contributed by atoms with Crippen LogP contribution in [-0.4, -0.2) is 52.7 Å². The molecule has 0 spiro atoms. The van der Waals surface area contributed by atoms with Crippen LogP contribution in [0.5, 0.6) is 0 Å². The number of aromatic amines is 1. The highest BCUT2D eigenvalue weighted by molar-refractivity contribution is 7.11. The number of hydrogen-bond acceptors (Lipinski definition) is 5. The molecular weight excluding hydrogens is 328 g/mol. The number of thiophene rings is 1. The van der Waals surface area contributed by atoms with Gasteiger partial charge in [0.15, 0.2) is 0 Å². The number of aromatic nitrogens is 2. The number of nitrogens with zero attached hydrogens (tertiary/aromatic N) is 3. The third kappa shape index (κ3) is 5.17. The fourth-order valence-corrected chi connectivity index (χ4v) is 3.09. The van der Waals surface area contributed by atoms with Crippen LogP contribution in [0.1, 0.15) is 9.75 Å². The zero-order valence-corrected chi connectivity index (χ0v) is 14.9. The molecule has 2 heterocycles. The summed E-state index contributed by atoms with van der Waals surface area (Å²) in [5.41, 5.74) is -0.807. The Labute approximate surface area is 144 Å². The normalized spacial score (nSPS) is 11.0. The highest BCUT2D eigenvalue weighted by Crippen LogP contribution is 2.17. The predicted octanol–water partition coefficient (Wildman–Crippen LogP) is 0.497. The highest BCUT2D eigenvalue weighted by atomic mass is 32.1. The maximum atomic E-state index is 12.6. The second-order valence-electron chi connectivity index (χ2n) is 5.86. The molecule has 8 heteroatoms. The molecule has 0 radical (unpaired) electrons. The lowest BCUT2D eigenvalue weighted by molar-refractivity contribution is -0.132. The van der Waals surface area contributed by atoms with Crippen LogP contribution in [-0.2, 0) is 17.9 Å². The van der Waals surface area contributed by atoms with E-state index in [1.54, 1.807) is 16.2 Å². The lowest BCUT2D eigenvalue weighted by Crippen LogP contribution is -2.41. The summed E-state index contributed by atoms with van der Waals surface area (Å²) in [6.45, 7) is 3.61. The van der Waals surface area contributed by atoms with E-state index in [2.05, 4.69) is 5.10 Å². The first-order valence-corrected chi connectivity index (χ1v) is 8.45. The zero-order valence-electron chi connectivity index (χ0n) is 14.1. The highest BCUT2D eigenvalue weighted by Gasteiger charge is 2.16. The van der Waals surface area contributed by atoms with E-state index >= 15 is 0 Å². The summed E-state index contributed by atoms with van der Waals surface area (Å²) >= 11 is 1.65. The molecular formula is C16H22N4O3S. The van der Waals surface area contributed by atoms with Gasteiger partial charge in [0.2, 0.25) is 5.91 Å². The average Bonchev–Trinajstić information content (AvgIpc) is 2.92. The minimum atomic E-state index is -0.406. The summed E-state index contributed by atoms with van der Waals surface area (Å²) in [6, 6.07) is 6.35. The third-order valence-electron chi connectivity index (χ3n) is 3.49. The first-order chi connectivity index (χ1) is 11.3. The second-order valence-corrected chi connectivity index (χ2v) is 7.24. The fraction of sp³-hybridized carbons (Fsp3) is 0.438. The first-order valence-electron chi connectivity index (χ1n) is 7.63. The number of amides is 1. The molecule has 7 nitrogen and oxygen atoms in total. The number of nitrogens with one attached hydrogen (secondary N) is 1. The zero-order chi connectivity index (χ0) is 17.7. The smallest absolute Gasteiger partial charge is 0.265 e. The van der Waals surface area contributed by atoms with Crippen LogP contribution in [0.15, 0.2) is 33.9 Å². The van der Waals surface area contributed by atoms with Crippen molar-refractivity contribution in [1.82, 2.24) is 19.6 Å². The van der Waals surface area contributed by atoms with E-state index in [9.17, 15) is 14.4 Å². The number of likely N-dealkylation sites (N-methyl/N-ethyl adjacent to an activating group) is 1. The van der Waals surface area contributed by atoms with Gasteiger partial charge in [-0.2, -0.15) is 0 Å². The number of aryl methyl sites for hydroxylation is 1. The Morgan fingerprint density at radius 2 is 1.92 bits per heavy atom. The summed E-state index contributed by atoms with van der Waals surface area (Å²) < 4.78 is 1.05. The Morgan fingerprint density at radius 3 is 2.54 bits per heavy atom. The fourth-order valence-electron chi connectivity index (χ4n) is 2.19. The Balaban J connectivity index is 2.15. The number of hydrogen-bond donors (Lipinski definition) is 1. The van der Waals surface area contributed by atoms with Gasteiger partial charge in [0.1, 0.15) is 6.54 Å². The molecule has 0 unspecified atom stereocenters. The maximum absolute atomic E-state index is 12.6. The molecule has 2 aromatic heterocycles. The van der Waals surface area contributed by atoms with Gasteiger partial charge in [-0.15, -0.1) is 11.3 Å². The van der Waals surface area contributed by atoms with Gasteiger partial charge in [0, 0.05) is 35.0 Å². The minimum absolute atomic E-state index is 0.174. The number of carbonyl (C=O) groups excluding carboxylic acids is 1. The molecule has 2 rings (SSSR count). The van der Waals surface area contributed by atoms with Crippen molar-refractivity contribution in [2.24, 2.45) is 0 Å². The third-order valence-corrected chi connectivity index (χ3v) is 4.48. The molecule has 0 saturated carbocycles. The van der Waals surface area contributed by atoms with Crippen LogP contribution in [0.4, 0.5) is 0 Å². The minimum Gasteiger partial charge on any atom is -0.335 e. The van der Waals surface area contributed by atoms with Crippen LogP contribution >= 0.6 is 11.3 Å². The van der Waals surface area contributed by atoms with Crippen molar-refractivity contribution in [2.75, 3.05) is 27.2 Å². The van der Waals surface area contributed by atoms with E-state index in [4.69, 9.17) is 0 Å². The van der Waals surface area contributed by atoms with E-state index in [1.165, 1.54) is 10.9 Å². The molecule has 0 fully saturated rings. The summed E-state index contributed by atoms with van der Waals surface area (Å²) in [4.78, 5) is 41.7. The van der Waals surface area contributed by atoms with Crippen molar-refractivity contribution in [3.63, 3.8) is 0 Å². The molecule has 0 saturated heterocycles. The summed E-state index contributed by atoms with van der Waals surface area (Å²) in [5, 5.41) is 2.39. The van der Waals surface area contributed by atoms with Gasteiger partial charge in [0.25, 0.3) is 11.1 Å². The van der Waals surface area contributed by atoms with Gasteiger partial charge < -0.3 is 9.80 Å². The lowest BCUT2D eigenvalue weighted by Gasteiger charge is -2.24. The standard InChI is InChI=1S/C16H22N4O3S/c1-12-4-5-13(24-12)10-19(9-8-18(2)3)16(23)11-20-15(22)7-6-14(21)17-20/h4-7H,8-11H2,1-3H3,(H,17,21). The van der Waals surface area contributed by atoms with Crippen molar-refractivity contribution in [3.05, 3.63) is 54.7 Å². The van der Waals surface area contributed by atoms with Crippen LogP contribution in [0, 0.1) is 6.92 Å². The largest absolute Gasteiger partial charge is 0.335 e. The van der Waals surface area contributed by atoms with Crippen LogP contribution in [0.2, 0.25) is 0 Å². The van der Waals surface area contributed by atoms with Crippen molar-refractivity contribution >= 4 is 17.2 Å². The van der Waals surface area contributed by atoms with Gasteiger partial charge in [-0.25, -0.2) is 4.68 Å². The molecule has 0 aliphatic rings. The number of rotatable bonds is 7. The van der Waals surface area contributed by atoms with Crippen LogP contribution in [0.3, 0.4) is 0 Å².